The molecule has 148 valence electrons. The Bertz CT molecular complexity index is 710. The van der Waals surface area contributed by atoms with E-state index in [1.54, 1.807) is 36.4 Å². The smallest absolute Gasteiger partial charge is 0.115 e. The SMILES string of the molecule is C=C(/C=C\C(Cl)=C(/C)Cc1ccc(O)cc1)[C@@H]1O[C@H](CO)[C@@H](O)[C@H](O)[C@H]1O. The third kappa shape index (κ3) is 5.42. The fourth-order valence-corrected chi connectivity index (χ4v) is 2.96. The predicted octanol–water partition coefficient (Wildman–Crippen LogP) is 1.40. The van der Waals surface area contributed by atoms with Crippen molar-refractivity contribution in [3.8, 4) is 5.75 Å². The Labute approximate surface area is 163 Å². The van der Waals surface area contributed by atoms with Crippen molar-refractivity contribution in [2.24, 2.45) is 0 Å². The second-order valence-electron chi connectivity index (χ2n) is 6.63. The molecule has 0 radical (unpaired) electrons. The summed E-state index contributed by atoms with van der Waals surface area (Å²) in [6.45, 7) is 5.20. The standard InChI is InChI=1S/C20H25ClO6/c1-11(20-19(26)18(25)17(24)16(10-22)27-20)3-8-15(21)12(2)9-13-4-6-14(23)7-5-13/h3-8,16-20,22-26H,1,9-10H2,2H3/b8-3-,15-12-/t16-,17-,18+,19-,20+/m1/s1. The van der Waals surface area contributed by atoms with Gasteiger partial charge in [0.05, 0.1) is 6.61 Å². The lowest BCUT2D eigenvalue weighted by atomic mass is 9.91. The fraction of sp³-hybridized carbons (Fsp3) is 0.400. The average Bonchev–Trinajstić information content (AvgIpc) is 2.66. The molecule has 2 rings (SSSR count). The van der Waals surface area contributed by atoms with Gasteiger partial charge in [0.1, 0.15) is 36.3 Å². The monoisotopic (exact) mass is 396 g/mol. The van der Waals surface area contributed by atoms with E-state index in [4.69, 9.17) is 16.3 Å². The first-order chi connectivity index (χ1) is 12.7. The summed E-state index contributed by atoms with van der Waals surface area (Å²) in [5.74, 6) is 0.196. The first-order valence-electron chi connectivity index (χ1n) is 8.55. The van der Waals surface area contributed by atoms with Crippen LogP contribution >= 0.6 is 11.6 Å². The second kappa shape index (κ2) is 9.50. The number of benzene rings is 1. The molecule has 0 bridgehead atoms. The van der Waals surface area contributed by atoms with Crippen LogP contribution in [0.4, 0.5) is 0 Å². The third-order valence-corrected chi connectivity index (χ3v) is 4.96. The van der Waals surface area contributed by atoms with Crippen LogP contribution in [0.15, 0.2) is 59.2 Å². The van der Waals surface area contributed by atoms with Crippen molar-refractivity contribution in [3.05, 3.63) is 64.7 Å². The summed E-state index contributed by atoms with van der Waals surface area (Å²) < 4.78 is 5.45. The second-order valence-corrected chi connectivity index (χ2v) is 7.04. The van der Waals surface area contributed by atoms with Crippen LogP contribution in [0.5, 0.6) is 5.75 Å². The Morgan fingerprint density at radius 1 is 1.11 bits per heavy atom. The summed E-state index contributed by atoms with van der Waals surface area (Å²) in [6.07, 6.45) is -2.42. The number of ether oxygens (including phenoxy) is 1. The maximum Gasteiger partial charge on any atom is 0.115 e. The lowest BCUT2D eigenvalue weighted by Gasteiger charge is -2.40. The van der Waals surface area contributed by atoms with E-state index < -0.39 is 37.1 Å². The zero-order valence-electron chi connectivity index (χ0n) is 15.0. The summed E-state index contributed by atoms with van der Waals surface area (Å²) in [5.41, 5.74) is 2.23. The summed E-state index contributed by atoms with van der Waals surface area (Å²) in [6, 6.07) is 6.82. The Morgan fingerprint density at radius 2 is 1.74 bits per heavy atom. The average molecular weight is 397 g/mol. The number of hydrogen-bond donors (Lipinski definition) is 5. The molecular weight excluding hydrogens is 372 g/mol. The molecule has 5 atom stereocenters. The Hall–Kier alpha value is -1.67. The van der Waals surface area contributed by atoms with Gasteiger partial charge in [-0.05, 0) is 42.7 Å². The van der Waals surface area contributed by atoms with Crippen LogP contribution in [0.1, 0.15) is 12.5 Å². The lowest BCUT2D eigenvalue weighted by Crippen LogP contribution is -2.58. The summed E-state index contributed by atoms with van der Waals surface area (Å²) in [7, 11) is 0. The number of aliphatic hydroxyl groups is 4. The van der Waals surface area contributed by atoms with E-state index in [-0.39, 0.29) is 5.75 Å². The van der Waals surface area contributed by atoms with Crippen molar-refractivity contribution in [1.29, 1.82) is 0 Å². The van der Waals surface area contributed by atoms with Crippen LogP contribution < -0.4 is 0 Å². The van der Waals surface area contributed by atoms with E-state index in [1.807, 2.05) is 6.92 Å². The molecule has 0 spiro atoms. The summed E-state index contributed by atoms with van der Waals surface area (Å²) in [4.78, 5) is 0. The molecule has 0 amide bonds. The van der Waals surface area contributed by atoms with Crippen LogP contribution in [0.3, 0.4) is 0 Å². The predicted molar refractivity (Wildman–Crippen MR) is 102 cm³/mol. The minimum absolute atomic E-state index is 0.196. The van der Waals surface area contributed by atoms with Gasteiger partial charge in [-0.2, -0.15) is 0 Å². The van der Waals surface area contributed by atoms with Crippen LogP contribution in [0.25, 0.3) is 0 Å². The number of rotatable bonds is 6. The maximum atomic E-state index is 10.1. The fourth-order valence-electron chi connectivity index (χ4n) is 2.83. The molecule has 1 aromatic carbocycles. The highest BCUT2D eigenvalue weighted by molar-refractivity contribution is 6.31. The van der Waals surface area contributed by atoms with E-state index in [1.165, 1.54) is 0 Å². The Kier molecular flexibility index (Phi) is 7.61. The number of phenolic OH excluding ortho intramolecular Hbond substituents is 1. The van der Waals surface area contributed by atoms with Crippen LogP contribution in [0.2, 0.25) is 0 Å². The molecule has 1 heterocycles. The minimum Gasteiger partial charge on any atom is -0.508 e. The van der Waals surface area contributed by atoms with Crippen molar-refractivity contribution in [2.45, 2.75) is 43.9 Å². The Balaban J connectivity index is 2.06. The largest absolute Gasteiger partial charge is 0.508 e. The van der Waals surface area contributed by atoms with Gasteiger partial charge in [-0.3, -0.25) is 0 Å². The third-order valence-electron chi connectivity index (χ3n) is 4.51. The van der Waals surface area contributed by atoms with E-state index in [9.17, 15) is 25.5 Å². The van der Waals surface area contributed by atoms with Gasteiger partial charge in [0.25, 0.3) is 0 Å². The number of phenols is 1. The van der Waals surface area contributed by atoms with Crippen molar-refractivity contribution in [1.82, 2.24) is 0 Å². The Morgan fingerprint density at radius 3 is 2.33 bits per heavy atom. The van der Waals surface area contributed by atoms with Crippen molar-refractivity contribution >= 4 is 11.6 Å². The molecule has 0 aliphatic carbocycles. The molecule has 7 heteroatoms. The lowest BCUT2D eigenvalue weighted by molar-refractivity contribution is -0.218. The highest BCUT2D eigenvalue weighted by Crippen LogP contribution is 2.26. The molecule has 1 aliphatic heterocycles. The van der Waals surface area contributed by atoms with E-state index in [0.29, 0.717) is 17.0 Å². The normalized spacial score (nSPS) is 29.6. The molecule has 0 unspecified atom stereocenters. The number of aromatic hydroxyl groups is 1. The molecule has 27 heavy (non-hydrogen) atoms. The van der Waals surface area contributed by atoms with E-state index in [0.717, 1.165) is 11.1 Å². The highest BCUT2D eigenvalue weighted by Gasteiger charge is 2.43. The summed E-state index contributed by atoms with van der Waals surface area (Å²) >= 11 is 6.31. The number of halogens is 1. The molecular formula is C20H25ClO6. The number of aliphatic hydroxyl groups excluding tert-OH is 4. The van der Waals surface area contributed by atoms with Crippen molar-refractivity contribution in [2.75, 3.05) is 6.61 Å². The van der Waals surface area contributed by atoms with Crippen molar-refractivity contribution in [3.63, 3.8) is 0 Å². The molecule has 6 nitrogen and oxygen atoms in total. The quantitative estimate of drug-likeness (QED) is 0.465. The maximum absolute atomic E-state index is 10.1. The van der Waals surface area contributed by atoms with Gasteiger partial charge in [-0.25, -0.2) is 0 Å². The topological polar surface area (TPSA) is 110 Å². The first-order valence-corrected chi connectivity index (χ1v) is 8.93. The zero-order chi connectivity index (χ0) is 20.1. The summed E-state index contributed by atoms with van der Waals surface area (Å²) in [5, 5.41) is 48.8. The van der Waals surface area contributed by atoms with Crippen LogP contribution in [-0.4, -0.2) is 62.7 Å². The number of hydrogen-bond acceptors (Lipinski definition) is 6. The van der Waals surface area contributed by atoms with E-state index >= 15 is 0 Å². The van der Waals surface area contributed by atoms with Gasteiger partial charge >= 0.3 is 0 Å². The molecule has 1 fully saturated rings. The molecule has 1 saturated heterocycles. The van der Waals surface area contributed by atoms with Gasteiger partial charge in [0, 0.05) is 5.03 Å². The van der Waals surface area contributed by atoms with E-state index in [2.05, 4.69) is 6.58 Å². The van der Waals surface area contributed by atoms with Gasteiger partial charge < -0.3 is 30.3 Å². The molecule has 1 aliphatic rings. The molecule has 0 saturated carbocycles. The molecule has 5 N–H and O–H groups in total. The van der Waals surface area contributed by atoms with Crippen molar-refractivity contribution < 1.29 is 30.3 Å². The minimum atomic E-state index is -1.45. The van der Waals surface area contributed by atoms with Gasteiger partial charge in [0.15, 0.2) is 0 Å². The van der Waals surface area contributed by atoms with Gasteiger partial charge in [-0.15, -0.1) is 0 Å². The van der Waals surface area contributed by atoms with Gasteiger partial charge in [-0.1, -0.05) is 42.0 Å². The number of allylic oxidation sites excluding steroid dienone is 3. The van der Waals surface area contributed by atoms with Gasteiger partial charge in [0.2, 0.25) is 0 Å². The highest BCUT2D eigenvalue weighted by atomic mass is 35.5. The molecule has 0 aromatic heterocycles. The zero-order valence-corrected chi connectivity index (χ0v) is 15.8. The van der Waals surface area contributed by atoms with Crippen LogP contribution in [0, 0.1) is 0 Å². The molecule has 1 aromatic rings. The van der Waals surface area contributed by atoms with Crippen LogP contribution in [-0.2, 0) is 11.2 Å². The first kappa shape index (κ1) is 21.6.